The Morgan fingerprint density at radius 1 is 1.25 bits per heavy atom. The summed E-state index contributed by atoms with van der Waals surface area (Å²) in [6, 6.07) is 7.77. The fourth-order valence-electron chi connectivity index (χ4n) is 3.55. The lowest BCUT2D eigenvalue weighted by Crippen LogP contribution is -2.28. The molecule has 2 heterocycles. The first kappa shape index (κ1) is 15.0. The number of H-pyrrole nitrogens is 1. The second-order valence-electron chi connectivity index (χ2n) is 6.55. The molecule has 1 aromatic carbocycles. The summed E-state index contributed by atoms with van der Waals surface area (Å²) in [5.74, 6) is 1.18. The highest BCUT2D eigenvalue weighted by Gasteiger charge is 2.30. The Labute approximate surface area is 141 Å². The Bertz CT molecular complexity index is 813. The minimum atomic E-state index is 0.233. The number of nitrogens with one attached hydrogen (secondary N) is 2. The summed E-state index contributed by atoms with van der Waals surface area (Å²) in [6.07, 6.45) is 8.25. The van der Waals surface area contributed by atoms with Crippen molar-refractivity contribution in [3.63, 3.8) is 0 Å². The largest absolute Gasteiger partial charge is 0.510 e. The van der Waals surface area contributed by atoms with Crippen molar-refractivity contribution in [1.82, 2.24) is 14.9 Å². The summed E-state index contributed by atoms with van der Waals surface area (Å²) in [5, 5.41) is 18.8. The Hall–Kier alpha value is -2.56. The Balaban J connectivity index is 1.51. The molecule has 0 amide bonds. The van der Waals surface area contributed by atoms with Gasteiger partial charge < -0.3 is 15.0 Å². The van der Waals surface area contributed by atoms with Gasteiger partial charge in [0.15, 0.2) is 0 Å². The number of imidazole rings is 1. The highest BCUT2D eigenvalue weighted by atomic mass is 16.3. The zero-order valence-corrected chi connectivity index (χ0v) is 13.7. The van der Waals surface area contributed by atoms with Crippen LogP contribution in [-0.4, -0.2) is 38.9 Å². The van der Waals surface area contributed by atoms with Crippen LogP contribution in [0.3, 0.4) is 0 Å². The van der Waals surface area contributed by atoms with Crippen LogP contribution >= 0.6 is 0 Å². The van der Waals surface area contributed by atoms with Crippen LogP contribution in [0, 0.1) is 5.41 Å². The highest BCUT2D eigenvalue weighted by Crippen LogP contribution is 2.28. The number of rotatable bonds is 4. The maximum Gasteiger partial charge on any atom is 0.145 e. The minimum absolute atomic E-state index is 0.233. The minimum Gasteiger partial charge on any atom is -0.510 e. The van der Waals surface area contributed by atoms with Gasteiger partial charge >= 0.3 is 0 Å². The van der Waals surface area contributed by atoms with E-state index < -0.39 is 0 Å². The summed E-state index contributed by atoms with van der Waals surface area (Å²) in [7, 11) is 0. The van der Waals surface area contributed by atoms with Crippen molar-refractivity contribution in [2.75, 3.05) is 13.1 Å². The molecule has 2 aliphatic rings. The fourth-order valence-corrected chi connectivity index (χ4v) is 3.55. The Morgan fingerprint density at radius 2 is 2.12 bits per heavy atom. The third-order valence-corrected chi connectivity index (χ3v) is 4.90. The quantitative estimate of drug-likeness (QED) is 0.744. The van der Waals surface area contributed by atoms with E-state index in [9.17, 15) is 5.11 Å². The van der Waals surface area contributed by atoms with Crippen LogP contribution in [0.2, 0.25) is 0 Å². The van der Waals surface area contributed by atoms with E-state index in [0.717, 1.165) is 24.0 Å². The molecule has 0 atom stereocenters. The van der Waals surface area contributed by atoms with E-state index in [1.54, 1.807) is 0 Å². The van der Waals surface area contributed by atoms with Crippen LogP contribution in [0.5, 0.6) is 0 Å². The van der Waals surface area contributed by atoms with Crippen molar-refractivity contribution >= 4 is 22.4 Å². The van der Waals surface area contributed by atoms with Crippen molar-refractivity contribution in [3.8, 4) is 0 Å². The summed E-state index contributed by atoms with van der Waals surface area (Å²) in [5.41, 5.74) is 3.80. The molecule has 0 fully saturated rings. The van der Waals surface area contributed by atoms with Gasteiger partial charge in [-0.25, -0.2) is 4.98 Å². The van der Waals surface area contributed by atoms with Gasteiger partial charge in [0.1, 0.15) is 17.4 Å². The third kappa shape index (κ3) is 2.70. The third-order valence-electron chi connectivity index (χ3n) is 4.90. The lowest BCUT2D eigenvalue weighted by Gasteiger charge is -2.20. The maximum absolute atomic E-state index is 10.4. The molecule has 0 saturated heterocycles. The molecule has 5 heteroatoms. The molecule has 0 bridgehead atoms. The monoisotopic (exact) mass is 322 g/mol. The van der Waals surface area contributed by atoms with E-state index in [1.807, 2.05) is 29.2 Å². The van der Waals surface area contributed by atoms with Crippen LogP contribution in [-0.2, 0) is 0 Å². The number of fused-ring (bicyclic) bond motifs is 1. The smallest absolute Gasteiger partial charge is 0.145 e. The number of hydrogen-bond acceptors (Lipinski definition) is 3. The van der Waals surface area contributed by atoms with Crippen LogP contribution in [0.4, 0.5) is 0 Å². The molecule has 24 heavy (non-hydrogen) atoms. The number of para-hydroxylation sites is 2. The van der Waals surface area contributed by atoms with Crippen molar-refractivity contribution in [3.05, 3.63) is 47.5 Å². The first-order valence-electron chi connectivity index (χ1n) is 8.61. The SMILES string of the molecule is N=C1C(c2nc3ccccc3[nH]2)=C(O)CN1CCC1=CCCCC1. The van der Waals surface area contributed by atoms with Crippen molar-refractivity contribution < 1.29 is 5.11 Å². The van der Waals surface area contributed by atoms with Gasteiger partial charge in [0.05, 0.1) is 23.2 Å². The van der Waals surface area contributed by atoms with Crippen LogP contribution in [0.25, 0.3) is 16.6 Å². The lowest BCUT2D eigenvalue weighted by molar-refractivity contribution is 0.350. The average molecular weight is 322 g/mol. The maximum atomic E-state index is 10.4. The molecule has 1 aromatic heterocycles. The standard InChI is InChI=1S/C19H22N4O/c20-18-17(19-21-14-8-4-5-9-15(14)22-19)16(24)12-23(18)11-10-13-6-2-1-3-7-13/h4-6,8-9,20,24H,1-3,7,10-12H2,(H,21,22). The fraction of sp³-hybridized carbons (Fsp3) is 0.368. The summed E-state index contributed by atoms with van der Waals surface area (Å²) >= 11 is 0. The number of hydrogen-bond donors (Lipinski definition) is 3. The number of benzene rings is 1. The molecule has 0 spiro atoms. The molecule has 1 aliphatic carbocycles. The summed E-state index contributed by atoms with van der Waals surface area (Å²) in [6.45, 7) is 1.18. The van der Waals surface area contributed by atoms with Gasteiger partial charge in [-0.1, -0.05) is 23.8 Å². The summed E-state index contributed by atoms with van der Waals surface area (Å²) in [4.78, 5) is 9.68. The van der Waals surface area contributed by atoms with Gasteiger partial charge in [-0.2, -0.15) is 0 Å². The van der Waals surface area contributed by atoms with E-state index in [4.69, 9.17) is 5.41 Å². The number of aromatic amines is 1. The number of aromatic nitrogens is 2. The van der Waals surface area contributed by atoms with E-state index in [-0.39, 0.29) is 5.76 Å². The zero-order chi connectivity index (χ0) is 16.5. The van der Waals surface area contributed by atoms with Gasteiger partial charge in [-0.05, 0) is 44.2 Å². The molecule has 2 aromatic rings. The van der Waals surface area contributed by atoms with Crippen LogP contribution in [0.1, 0.15) is 37.9 Å². The van der Waals surface area contributed by atoms with Crippen molar-refractivity contribution in [2.24, 2.45) is 0 Å². The molecule has 0 unspecified atom stereocenters. The second kappa shape index (κ2) is 6.15. The number of nitrogens with zero attached hydrogens (tertiary/aromatic N) is 2. The predicted octanol–water partition coefficient (Wildman–Crippen LogP) is 4.02. The first-order valence-corrected chi connectivity index (χ1v) is 8.61. The van der Waals surface area contributed by atoms with Gasteiger partial charge in [0.25, 0.3) is 0 Å². The average Bonchev–Trinajstić information content (AvgIpc) is 3.14. The first-order chi connectivity index (χ1) is 11.7. The van der Waals surface area contributed by atoms with Crippen molar-refractivity contribution in [2.45, 2.75) is 32.1 Å². The lowest BCUT2D eigenvalue weighted by atomic mass is 9.97. The van der Waals surface area contributed by atoms with E-state index >= 15 is 0 Å². The number of aliphatic hydroxyl groups is 1. The second-order valence-corrected chi connectivity index (χ2v) is 6.55. The van der Waals surface area contributed by atoms with Gasteiger partial charge in [0.2, 0.25) is 0 Å². The van der Waals surface area contributed by atoms with Gasteiger partial charge in [-0.15, -0.1) is 0 Å². The number of aliphatic hydroxyl groups excluding tert-OH is 1. The molecule has 5 nitrogen and oxygen atoms in total. The Kier molecular flexibility index (Phi) is 3.84. The molecule has 124 valence electrons. The van der Waals surface area contributed by atoms with Gasteiger partial charge in [0, 0.05) is 6.54 Å². The Morgan fingerprint density at radius 3 is 2.92 bits per heavy atom. The molecule has 1 aliphatic heterocycles. The summed E-state index contributed by atoms with van der Waals surface area (Å²) < 4.78 is 0. The predicted molar refractivity (Wildman–Crippen MR) is 96.1 cm³/mol. The molecule has 0 radical (unpaired) electrons. The van der Waals surface area contributed by atoms with Crippen LogP contribution < -0.4 is 0 Å². The highest BCUT2D eigenvalue weighted by molar-refractivity contribution is 6.23. The van der Waals surface area contributed by atoms with Gasteiger partial charge in [-0.3, -0.25) is 5.41 Å². The molecular formula is C19H22N4O. The van der Waals surface area contributed by atoms with Crippen LogP contribution in [0.15, 0.2) is 41.7 Å². The normalized spacial score (nSPS) is 18.6. The molecule has 4 rings (SSSR count). The molecule has 0 saturated carbocycles. The zero-order valence-electron chi connectivity index (χ0n) is 13.7. The van der Waals surface area contributed by atoms with E-state index in [1.165, 1.54) is 31.3 Å². The molecular weight excluding hydrogens is 300 g/mol. The van der Waals surface area contributed by atoms with E-state index in [2.05, 4.69) is 16.0 Å². The van der Waals surface area contributed by atoms with E-state index in [0.29, 0.717) is 23.8 Å². The molecule has 3 N–H and O–H groups in total. The topological polar surface area (TPSA) is 76.0 Å². The number of allylic oxidation sites excluding steroid dienone is 1. The van der Waals surface area contributed by atoms with Crippen molar-refractivity contribution in [1.29, 1.82) is 5.41 Å². The number of amidine groups is 1.